The number of rotatable bonds is 10. The molecule has 2 N–H and O–H groups in total. The molecule has 0 spiro atoms. The average Bonchev–Trinajstić information content (AvgIpc) is 3.47. The number of benzene rings is 1. The lowest BCUT2D eigenvalue weighted by Crippen LogP contribution is -2.35. The predicted octanol–water partition coefficient (Wildman–Crippen LogP) is 2.97. The summed E-state index contributed by atoms with van der Waals surface area (Å²) in [5.41, 5.74) is 1.28. The van der Waals surface area contributed by atoms with Crippen molar-refractivity contribution in [3.63, 3.8) is 0 Å². The molecule has 32 heavy (non-hydrogen) atoms. The van der Waals surface area contributed by atoms with Crippen LogP contribution in [0.1, 0.15) is 69.4 Å². The van der Waals surface area contributed by atoms with Crippen LogP contribution in [-0.4, -0.2) is 55.0 Å². The van der Waals surface area contributed by atoms with Gasteiger partial charge in [0, 0.05) is 29.6 Å². The highest BCUT2D eigenvalue weighted by molar-refractivity contribution is 5.80. The third kappa shape index (κ3) is 4.68. The van der Waals surface area contributed by atoms with Gasteiger partial charge in [0.1, 0.15) is 5.75 Å². The molecule has 0 radical (unpaired) electrons. The first-order valence-corrected chi connectivity index (χ1v) is 11.6. The highest BCUT2D eigenvalue weighted by atomic mass is 16.5. The fourth-order valence-corrected chi connectivity index (χ4v) is 4.73. The minimum Gasteiger partial charge on any atom is -0.494 e. The van der Waals surface area contributed by atoms with E-state index in [1.165, 1.54) is 12.8 Å². The Balaban J connectivity index is 1.65. The van der Waals surface area contributed by atoms with Gasteiger partial charge in [-0.15, -0.1) is 5.10 Å². The molecule has 3 aromatic rings. The topological polar surface area (TPSA) is 109 Å². The molecule has 0 amide bonds. The summed E-state index contributed by atoms with van der Waals surface area (Å²) >= 11 is 0. The third-order valence-corrected chi connectivity index (χ3v) is 6.28. The van der Waals surface area contributed by atoms with E-state index in [1.54, 1.807) is 0 Å². The van der Waals surface area contributed by atoms with Crippen LogP contribution in [0.25, 0.3) is 10.9 Å². The fourth-order valence-electron chi connectivity index (χ4n) is 4.73. The summed E-state index contributed by atoms with van der Waals surface area (Å²) in [4.78, 5) is 17.9. The number of aliphatic hydroxyl groups excluding tert-OH is 1. The summed E-state index contributed by atoms with van der Waals surface area (Å²) < 4.78 is 7.57. The van der Waals surface area contributed by atoms with Crippen LogP contribution in [0.5, 0.6) is 5.75 Å². The number of nitrogens with zero attached hydrogens (tertiary/aromatic N) is 5. The van der Waals surface area contributed by atoms with Crippen molar-refractivity contribution >= 4 is 10.9 Å². The third-order valence-electron chi connectivity index (χ3n) is 6.28. The van der Waals surface area contributed by atoms with Crippen molar-refractivity contribution in [2.24, 2.45) is 0 Å². The molecule has 1 fully saturated rings. The molecule has 1 aromatic carbocycles. The number of aliphatic hydroxyl groups is 1. The predicted molar refractivity (Wildman–Crippen MR) is 122 cm³/mol. The zero-order chi connectivity index (χ0) is 22.5. The van der Waals surface area contributed by atoms with Crippen molar-refractivity contribution in [1.82, 2.24) is 30.1 Å². The van der Waals surface area contributed by atoms with Gasteiger partial charge in [-0.25, -0.2) is 4.68 Å². The van der Waals surface area contributed by atoms with Gasteiger partial charge in [0.25, 0.3) is 5.56 Å². The van der Waals surface area contributed by atoms with Crippen LogP contribution < -0.4 is 10.3 Å². The molecule has 1 aliphatic carbocycles. The summed E-state index contributed by atoms with van der Waals surface area (Å²) in [6, 6.07) is 7.80. The molecular formula is C23H32N6O3. The normalized spacial score (nSPS) is 15.6. The van der Waals surface area contributed by atoms with Crippen molar-refractivity contribution in [2.75, 3.05) is 19.8 Å². The minimum atomic E-state index is -0.130. The molecule has 2 aromatic heterocycles. The molecule has 172 valence electrons. The van der Waals surface area contributed by atoms with Crippen molar-refractivity contribution in [3.8, 4) is 5.75 Å². The number of aromatic amines is 1. The second-order valence-corrected chi connectivity index (χ2v) is 8.34. The van der Waals surface area contributed by atoms with Gasteiger partial charge in [-0.3, -0.25) is 9.69 Å². The molecular weight excluding hydrogens is 408 g/mol. The quantitative estimate of drug-likeness (QED) is 0.499. The number of hydrogen-bond donors (Lipinski definition) is 2. The fraction of sp³-hybridized carbons (Fsp3) is 0.565. The Kier molecular flexibility index (Phi) is 7.16. The van der Waals surface area contributed by atoms with Gasteiger partial charge >= 0.3 is 0 Å². The smallest absolute Gasteiger partial charge is 0.252 e. The Morgan fingerprint density at radius 3 is 2.81 bits per heavy atom. The Morgan fingerprint density at radius 2 is 2.09 bits per heavy atom. The number of H-pyrrole nitrogens is 1. The SMILES string of the molecule is CCOc1ccc2[nH]c(=O)c(CN(CCO)[C@H](CC)c3nnnn3C3CCCC3)cc2c1. The highest BCUT2D eigenvalue weighted by Gasteiger charge is 2.29. The first kappa shape index (κ1) is 22.4. The summed E-state index contributed by atoms with van der Waals surface area (Å²) in [7, 11) is 0. The van der Waals surface area contributed by atoms with Gasteiger partial charge in [0.15, 0.2) is 5.82 Å². The van der Waals surface area contributed by atoms with E-state index < -0.39 is 0 Å². The lowest BCUT2D eigenvalue weighted by atomic mass is 10.1. The van der Waals surface area contributed by atoms with E-state index in [2.05, 4.69) is 32.3 Å². The maximum atomic E-state index is 12.8. The highest BCUT2D eigenvalue weighted by Crippen LogP contribution is 2.33. The Bertz CT molecular complexity index is 1090. The molecule has 9 heteroatoms. The van der Waals surface area contributed by atoms with E-state index in [-0.39, 0.29) is 18.2 Å². The average molecular weight is 441 g/mol. The van der Waals surface area contributed by atoms with Crippen molar-refractivity contribution in [1.29, 1.82) is 0 Å². The Labute approximate surface area is 187 Å². The van der Waals surface area contributed by atoms with E-state index in [0.717, 1.165) is 41.7 Å². The first-order valence-electron chi connectivity index (χ1n) is 11.6. The maximum absolute atomic E-state index is 12.8. The standard InChI is InChI=1S/C23H32N6O3/c1-3-21(22-25-26-27-29(22)18-7-5-6-8-18)28(11-12-30)15-17-13-16-14-19(32-4-2)9-10-20(16)24-23(17)31/h9-10,13-14,18,21,30H,3-8,11-12,15H2,1-2H3,(H,24,31)/t21-/m1/s1. The van der Waals surface area contributed by atoms with Crippen LogP contribution in [-0.2, 0) is 6.54 Å². The second-order valence-electron chi connectivity index (χ2n) is 8.34. The summed E-state index contributed by atoms with van der Waals surface area (Å²) in [6.07, 6.45) is 5.32. The number of tetrazole rings is 1. The number of aromatic nitrogens is 5. The van der Waals surface area contributed by atoms with Crippen LogP contribution in [0.4, 0.5) is 0 Å². The lowest BCUT2D eigenvalue weighted by molar-refractivity contribution is 0.129. The zero-order valence-electron chi connectivity index (χ0n) is 18.8. The van der Waals surface area contributed by atoms with Gasteiger partial charge in [0.05, 0.1) is 25.3 Å². The van der Waals surface area contributed by atoms with Crippen LogP contribution >= 0.6 is 0 Å². The van der Waals surface area contributed by atoms with Gasteiger partial charge < -0.3 is 14.8 Å². The monoisotopic (exact) mass is 440 g/mol. The summed E-state index contributed by atoms with van der Waals surface area (Å²) in [5.74, 6) is 1.58. The number of pyridine rings is 1. The summed E-state index contributed by atoms with van der Waals surface area (Å²) in [6.45, 7) is 5.41. The zero-order valence-corrected chi connectivity index (χ0v) is 18.8. The van der Waals surface area contributed by atoms with Gasteiger partial charge in [-0.05, 0) is 60.9 Å². The second kappa shape index (κ2) is 10.2. The molecule has 0 unspecified atom stereocenters. The number of fused-ring (bicyclic) bond motifs is 1. The van der Waals surface area contributed by atoms with Crippen LogP contribution in [0.3, 0.4) is 0 Å². The van der Waals surface area contributed by atoms with Crippen molar-refractivity contribution < 1.29 is 9.84 Å². The number of hydrogen-bond acceptors (Lipinski definition) is 7. The van der Waals surface area contributed by atoms with Gasteiger partial charge in [-0.2, -0.15) is 0 Å². The van der Waals surface area contributed by atoms with Crippen LogP contribution in [0.15, 0.2) is 29.1 Å². The van der Waals surface area contributed by atoms with Gasteiger partial charge in [0.2, 0.25) is 0 Å². The molecule has 2 heterocycles. The molecule has 0 saturated heterocycles. The summed E-state index contributed by atoms with van der Waals surface area (Å²) in [5, 5.41) is 23.3. The van der Waals surface area contributed by atoms with E-state index >= 15 is 0 Å². The van der Waals surface area contributed by atoms with E-state index in [0.29, 0.717) is 31.3 Å². The molecule has 1 aliphatic rings. The van der Waals surface area contributed by atoms with Crippen LogP contribution in [0, 0.1) is 0 Å². The van der Waals surface area contributed by atoms with Crippen molar-refractivity contribution in [3.05, 3.63) is 46.0 Å². The molecule has 0 bridgehead atoms. The number of ether oxygens (including phenoxy) is 1. The van der Waals surface area contributed by atoms with Crippen LogP contribution in [0.2, 0.25) is 0 Å². The number of nitrogens with one attached hydrogen (secondary N) is 1. The molecule has 4 rings (SSSR count). The molecule has 1 saturated carbocycles. The lowest BCUT2D eigenvalue weighted by Gasteiger charge is -2.30. The van der Waals surface area contributed by atoms with Crippen molar-refractivity contribution in [2.45, 2.75) is 64.6 Å². The van der Waals surface area contributed by atoms with E-state index in [9.17, 15) is 9.90 Å². The minimum absolute atomic E-state index is 0.0124. The Morgan fingerprint density at radius 1 is 1.28 bits per heavy atom. The first-order chi connectivity index (χ1) is 15.6. The maximum Gasteiger partial charge on any atom is 0.252 e. The van der Waals surface area contributed by atoms with Gasteiger partial charge in [-0.1, -0.05) is 19.8 Å². The molecule has 1 atom stereocenters. The largest absolute Gasteiger partial charge is 0.494 e. The molecule has 0 aliphatic heterocycles. The molecule has 9 nitrogen and oxygen atoms in total. The van der Waals surface area contributed by atoms with E-state index in [4.69, 9.17) is 4.74 Å². The Hall–Kier alpha value is -2.78. The van der Waals surface area contributed by atoms with E-state index in [1.807, 2.05) is 35.9 Å².